The van der Waals surface area contributed by atoms with Gasteiger partial charge in [0, 0.05) is 26.4 Å². The van der Waals surface area contributed by atoms with Gasteiger partial charge in [-0.2, -0.15) is 0 Å². The summed E-state index contributed by atoms with van der Waals surface area (Å²) in [6.45, 7) is 0.803. The van der Waals surface area contributed by atoms with Crippen molar-refractivity contribution in [3.8, 4) is 0 Å². The molecule has 0 spiro atoms. The van der Waals surface area contributed by atoms with Gasteiger partial charge < -0.3 is 10.6 Å². The van der Waals surface area contributed by atoms with Crippen LogP contribution in [0.1, 0.15) is 5.56 Å². The lowest BCUT2D eigenvalue weighted by Gasteiger charge is -2.11. The second kappa shape index (κ2) is 9.93. The number of hydrogen-bond donors (Lipinski definition) is 2. The van der Waals surface area contributed by atoms with Crippen molar-refractivity contribution in [2.45, 2.75) is 6.42 Å². The third-order valence-corrected chi connectivity index (χ3v) is 3.58. The van der Waals surface area contributed by atoms with Crippen LogP contribution in [-0.2, 0) is 16.3 Å². The molecule has 0 aromatic heterocycles. The van der Waals surface area contributed by atoms with Gasteiger partial charge in [-0.3, -0.25) is 4.99 Å². The molecule has 1 rings (SSSR count). The third kappa shape index (κ3) is 8.86. The van der Waals surface area contributed by atoms with E-state index in [9.17, 15) is 12.8 Å². The molecule has 0 atom stereocenters. The van der Waals surface area contributed by atoms with E-state index in [0.29, 0.717) is 24.5 Å². The predicted octanol–water partition coefficient (Wildman–Crippen LogP) is 1.20. The Bertz CT molecular complexity index is 564. The highest BCUT2D eigenvalue weighted by atomic mass is 127. The van der Waals surface area contributed by atoms with Crippen molar-refractivity contribution in [3.05, 3.63) is 35.6 Å². The zero-order valence-corrected chi connectivity index (χ0v) is 15.2. The molecule has 0 aliphatic carbocycles. The van der Waals surface area contributed by atoms with Gasteiger partial charge in [0.1, 0.15) is 15.7 Å². The summed E-state index contributed by atoms with van der Waals surface area (Å²) < 4.78 is 35.4. The van der Waals surface area contributed by atoms with E-state index in [4.69, 9.17) is 0 Å². The quantitative estimate of drug-likeness (QED) is 0.405. The maximum Gasteiger partial charge on any atom is 0.191 e. The minimum Gasteiger partial charge on any atom is -0.356 e. The average molecular weight is 429 g/mol. The monoisotopic (exact) mass is 429 g/mol. The second-order valence-corrected chi connectivity index (χ2v) is 6.66. The molecule has 0 saturated carbocycles. The van der Waals surface area contributed by atoms with Crippen molar-refractivity contribution in [1.82, 2.24) is 10.6 Å². The molecule has 0 aliphatic rings. The summed E-state index contributed by atoms with van der Waals surface area (Å²) in [4.78, 5) is 3.97. The largest absolute Gasteiger partial charge is 0.356 e. The predicted molar refractivity (Wildman–Crippen MR) is 94.6 cm³/mol. The minimum absolute atomic E-state index is 0. The van der Waals surface area contributed by atoms with E-state index >= 15 is 0 Å². The number of sulfone groups is 1. The Hall–Kier alpha value is -0.900. The van der Waals surface area contributed by atoms with Gasteiger partial charge >= 0.3 is 0 Å². The Morgan fingerprint density at radius 1 is 1.24 bits per heavy atom. The lowest BCUT2D eigenvalue weighted by Crippen LogP contribution is -2.40. The number of hydrogen-bond acceptors (Lipinski definition) is 3. The molecule has 0 unspecified atom stereocenters. The second-order valence-electron chi connectivity index (χ2n) is 4.40. The van der Waals surface area contributed by atoms with Crippen LogP contribution in [0.15, 0.2) is 29.3 Å². The molecule has 0 saturated heterocycles. The van der Waals surface area contributed by atoms with E-state index in [1.807, 2.05) is 0 Å². The zero-order chi connectivity index (χ0) is 15.0. The third-order valence-electron chi connectivity index (χ3n) is 2.63. The molecule has 0 amide bonds. The number of rotatable bonds is 6. The van der Waals surface area contributed by atoms with Crippen LogP contribution in [-0.4, -0.2) is 46.5 Å². The van der Waals surface area contributed by atoms with E-state index in [1.165, 1.54) is 12.3 Å². The molecule has 1 aromatic rings. The topological polar surface area (TPSA) is 70.6 Å². The first kappa shape index (κ1) is 20.1. The number of guanidine groups is 1. The summed E-state index contributed by atoms with van der Waals surface area (Å²) >= 11 is 0. The lowest BCUT2D eigenvalue weighted by atomic mass is 10.1. The van der Waals surface area contributed by atoms with Crippen LogP contribution in [0.5, 0.6) is 0 Å². The van der Waals surface area contributed by atoms with Crippen LogP contribution >= 0.6 is 24.0 Å². The van der Waals surface area contributed by atoms with Crippen molar-refractivity contribution in [2.24, 2.45) is 4.99 Å². The molecular formula is C13H21FIN3O2S. The minimum atomic E-state index is -2.99. The van der Waals surface area contributed by atoms with Gasteiger partial charge in [0.05, 0.1) is 5.75 Å². The van der Waals surface area contributed by atoms with E-state index in [-0.39, 0.29) is 42.1 Å². The van der Waals surface area contributed by atoms with Crippen LogP contribution in [0.3, 0.4) is 0 Å². The molecule has 0 radical (unpaired) electrons. The molecule has 5 nitrogen and oxygen atoms in total. The fourth-order valence-electron chi connectivity index (χ4n) is 1.59. The normalized spacial score (nSPS) is 11.7. The van der Waals surface area contributed by atoms with Crippen molar-refractivity contribution >= 4 is 39.8 Å². The first-order chi connectivity index (χ1) is 9.42. The molecule has 0 heterocycles. The van der Waals surface area contributed by atoms with Crippen molar-refractivity contribution in [2.75, 3.05) is 32.1 Å². The molecule has 0 aliphatic heterocycles. The van der Waals surface area contributed by atoms with Crippen LogP contribution in [0, 0.1) is 5.82 Å². The van der Waals surface area contributed by atoms with Crippen LogP contribution in [0.4, 0.5) is 4.39 Å². The maximum atomic E-state index is 13.4. The number of halogens is 2. The fourth-order valence-corrected chi connectivity index (χ4v) is 2.07. The van der Waals surface area contributed by atoms with Gasteiger partial charge in [-0.25, -0.2) is 12.8 Å². The van der Waals surface area contributed by atoms with E-state index in [1.54, 1.807) is 25.2 Å². The molecule has 120 valence electrons. The van der Waals surface area contributed by atoms with Crippen LogP contribution in [0.25, 0.3) is 0 Å². The standard InChI is InChI=1S/C13H20FN3O2S.HI/c1-15-13(17-9-10-20(2,18)19)16-8-7-11-5-3-4-6-12(11)14;/h3-6H,7-10H2,1-2H3,(H2,15,16,17);1H. The zero-order valence-electron chi connectivity index (χ0n) is 12.1. The molecule has 8 heteroatoms. The van der Waals surface area contributed by atoms with Gasteiger partial charge in [-0.05, 0) is 18.1 Å². The molecule has 0 fully saturated rings. The van der Waals surface area contributed by atoms with Crippen molar-refractivity contribution < 1.29 is 12.8 Å². The highest BCUT2D eigenvalue weighted by Gasteiger charge is 2.04. The molecule has 1 aromatic carbocycles. The van der Waals surface area contributed by atoms with Crippen molar-refractivity contribution in [3.63, 3.8) is 0 Å². The molecule has 0 bridgehead atoms. The summed E-state index contributed by atoms with van der Waals surface area (Å²) in [6, 6.07) is 6.60. The van der Waals surface area contributed by atoms with Gasteiger partial charge in [0.25, 0.3) is 0 Å². The highest BCUT2D eigenvalue weighted by molar-refractivity contribution is 14.0. The van der Waals surface area contributed by atoms with Crippen molar-refractivity contribution in [1.29, 1.82) is 0 Å². The van der Waals surface area contributed by atoms with Gasteiger partial charge in [-0.15, -0.1) is 24.0 Å². The lowest BCUT2D eigenvalue weighted by molar-refractivity contribution is 0.599. The number of nitrogens with zero attached hydrogens (tertiary/aromatic N) is 1. The summed E-state index contributed by atoms with van der Waals surface area (Å²) in [7, 11) is -1.40. The van der Waals surface area contributed by atoms with E-state index < -0.39 is 9.84 Å². The Morgan fingerprint density at radius 3 is 2.43 bits per heavy atom. The summed E-state index contributed by atoms with van der Waals surface area (Å²) in [5.74, 6) is 0.320. The van der Waals surface area contributed by atoms with E-state index in [0.717, 1.165) is 0 Å². The Labute approximate surface area is 142 Å². The summed E-state index contributed by atoms with van der Waals surface area (Å²) in [5, 5.41) is 5.90. The first-order valence-electron chi connectivity index (χ1n) is 6.28. The van der Waals surface area contributed by atoms with E-state index in [2.05, 4.69) is 15.6 Å². The Balaban J connectivity index is 0.00000400. The summed E-state index contributed by atoms with van der Waals surface area (Å²) in [6.07, 6.45) is 1.71. The molecular weight excluding hydrogens is 408 g/mol. The smallest absolute Gasteiger partial charge is 0.191 e. The SMILES string of the molecule is CN=C(NCCc1ccccc1F)NCCS(C)(=O)=O.I. The van der Waals surface area contributed by atoms with Gasteiger partial charge in [0.2, 0.25) is 0 Å². The average Bonchev–Trinajstić information content (AvgIpc) is 2.37. The number of nitrogens with one attached hydrogen (secondary N) is 2. The van der Waals surface area contributed by atoms with Crippen LogP contribution < -0.4 is 10.6 Å². The maximum absolute atomic E-state index is 13.4. The number of aliphatic imine (C=N–C) groups is 1. The van der Waals surface area contributed by atoms with Gasteiger partial charge in [0.15, 0.2) is 5.96 Å². The Morgan fingerprint density at radius 2 is 1.86 bits per heavy atom. The highest BCUT2D eigenvalue weighted by Crippen LogP contribution is 2.05. The number of benzene rings is 1. The Kier molecular flexibility index (Phi) is 9.51. The molecule has 2 N–H and O–H groups in total. The summed E-state index contributed by atoms with van der Waals surface area (Å²) in [5.41, 5.74) is 0.631. The molecule has 21 heavy (non-hydrogen) atoms. The first-order valence-corrected chi connectivity index (χ1v) is 8.34. The van der Waals surface area contributed by atoms with Gasteiger partial charge in [-0.1, -0.05) is 18.2 Å². The fraction of sp³-hybridized carbons (Fsp3) is 0.462. The van der Waals surface area contributed by atoms with Crippen LogP contribution in [0.2, 0.25) is 0 Å².